The molecule has 1 aromatic carbocycles. The van der Waals surface area contributed by atoms with Crippen molar-refractivity contribution in [2.24, 2.45) is 17.8 Å². The molecule has 2 nitrogen and oxygen atoms in total. The molecule has 0 aromatic heterocycles. The van der Waals surface area contributed by atoms with Gasteiger partial charge < -0.3 is 5.32 Å². The highest BCUT2D eigenvalue weighted by Crippen LogP contribution is 2.49. The molecule has 100 valence electrons. The molecule has 2 saturated carbocycles. The van der Waals surface area contributed by atoms with Crippen LogP contribution >= 0.6 is 0 Å². The standard InChI is InChI=1S/C17H21NO/c19-17(10-15-8-11-1-2-13(15)7-11)14-4-3-12-5-6-18-16(12)9-14/h3-4,9,11,13,15,18H,1-2,5-8,10H2. The molecule has 2 aliphatic carbocycles. The Hall–Kier alpha value is -1.31. The first-order chi connectivity index (χ1) is 9.29. The van der Waals surface area contributed by atoms with Crippen molar-refractivity contribution >= 4 is 11.5 Å². The first-order valence-electron chi connectivity index (χ1n) is 7.69. The van der Waals surface area contributed by atoms with Crippen LogP contribution in [-0.4, -0.2) is 12.3 Å². The van der Waals surface area contributed by atoms with Gasteiger partial charge in [-0.25, -0.2) is 0 Å². The van der Waals surface area contributed by atoms with Crippen molar-refractivity contribution in [1.29, 1.82) is 0 Å². The van der Waals surface area contributed by atoms with Gasteiger partial charge in [0.15, 0.2) is 5.78 Å². The Balaban J connectivity index is 1.48. The molecule has 3 atom stereocenters. The molecule has 3 unspecified atom stereocenters. The fourth-order valence-corrected chi connectivity index (χ4v) is 4.45. The van der Waals surface area contributed by atoms with Crippen LogP contribution in [0.25, 0.3) is 0 Å². The zero-order chi connectivity index (χ0) is 12.8. The van der Waals surface area contributed by atoms with Gasteiger partial charge in [0.25, 0.3) is 0 Å². The predicted octanol–water partition coefficient (Wildman–Crippen LogP) is 3.66. The van der Waals surface area contributed by atoms with Gasteiger partial charge in [-0.15, -0.1) is 0 Å². The van der Waals surface area contributed by atoms with Crippen molar-refractivity contribution in [2.75, 3.05) is 11.9 Å². The lowest BCUT2D eigenvalue weighted by atomic mass is 9.84. The average Bonchev–Trinajstić information content (AvgIpc) is 3.13. The van der Waals surface area contributed by atoms with Crippen LogP contribution in [0.5, 0.6) is 0 Å². The number of hydrogen-bond acceptors (Lipinski definition) is 2. The fourth-order valence-electron chi connectivity index (χ4n) is 4.45. The van der Waals surface area contributed by atoms with Crippen LogP contribution in [0.1, 0.15) is 48.0 Å². The maximum absolute atomic E-state index is 12.4. The van der Waals surface area contributed by atoms with E-state index in [1.165, 1.54) is 36.9 Å². The number of fused-ring (bicyclic) bond motifs is 3. The second kappa shape index (κ2) is 4.36. The Morgan fingerprint density at radius 3 is 3.00 bits per heavy atom. The monoisotopic (exact) mass is 255 g/mol. The van der Waals surface area contributed by atoms with E-state index in [1.807, 2.05) is 6.07 Å². The summed E-state index contributed by atoms with van der Waals surface area (Å²) in [7, 11) is 0. The largest absolute Gasteiger partial charge is 0.384 e. The van der Waals surface area contributed by atoms with Crippen LogP contribution < -0.4 is 5.32 Å². The summed E-state index contributed by atoms with van der Waals surface area (Å²) in [4.78, 5) is 12.4. The topological polar surface area (TPSA) is 29.1 Å². The zero-order valence-corrected chi connectivity index (χ0v) is 11.3. The Labute approximate surface area is 114 Å². The van der Waals surface area contributed by atoms with Crippen LogP contribution in [-0.2, 0) is 6.42 Å². The Morgan fingerprint density at radius 1 is 1.26 bits per heavy atom. The fraction of sp³-hybridized carbons (Fsp3) is 0.588. The molecule has 0 amide bonds. The van der Waals surface area contributed by atoms with Crippen molar-refractivity contribution in [3.8, 4) is 0 Å². The van der Waals surface area contributed by atoms with E-state index in [2.05, 4.69) is 17.4 Å². The molecule has 0 saturated heterocycles. The summed E-state index contributed by atoms with van der Waals surface area (Å²) in [6, 6.07) is 6.22. The molecular weight excluding hydrogens is 234 g/mol. The molecule has 3 aliphatic rings. The summed E-state index contributed by atoms with van der Waals surface area (Å²) in [5.74, 6) is 2.81. The van der Waals surface area contributed by atoms with Crippen LogP contribution in [0.15, 0.2) is 18.2 Å². The lowest BCUT2D eigenvalue weighted by molar-refractivity contribution is 0.0944. The second-order valence-corrected chi connectivity index (χ2v) is 6.61. The lowest BCUT2D eigenvalue weighted by Gasteiger charge is -2.20. The van der Waals surface area contributed by atoms with Gasteiger partial charge in [0.2, 0.25) is 0 Å². The summed E-state index contributed by atoms with van der Waals surface area (Å²) in [6.45, 7) is 1.01. The lowest BCUT2D eigenvalue weighted by Crippen LogP contribution is -2.15. The van der Waals surface area contributed by atoms with Crippen LogP contribution in [0.3, 0.4) is 0 Å². The molecular formula is C17H21NO. The van der Waals surface area contributed by atoms with Crippen LogP contribution in [0.4, 0.5) is 5.69 Å². The molecule has 2 bridgehead atoms. The smallest absolute Gasteiger partial charge is 0.163 e. The molecule has 1 heterocycles. The van der Waals surface area contributed by atoms with Gasteiger partial charge >= 0.3 is 0 Å². The third kappa shape index (κ3) is 1.98. The van der Waals surface area contributed by atoms with E-state index in [-0.39, 0.29) is 0 Å². The minimum Gasteiger partial charge on any atom is -0.384 e. The van der Waals surface area contributed by atoms with E-state index < -0.39 is 0 Å². The minimum absolute atomic E-state index is 0.356. The Bertz CT molecular complexity index is 522. The molecule has 0 spiro atoms. The predicted molar refractivity (Wildman–Crippen MR) is 76.5 cm³/mol. The summed E-state index contributed by atoms with van der Waals surface area (Å²) in [6.07, 6.45) is 7.35. The highest BCUT2D eigenvalue weighted by molar-refractivity contribution is 5.97. The molecule has 0 radical (unpaired) electrons. The van der Waals surface area contributed by atoms with Gasteiger partial charge in [-0.05, 0) is 55.1 Å². The number of carbonyl (C=O) groups excluding carboxylic acids is 1. The van der Waals surface area contributed by atoms with E-state index in [4.69, 9.17) is 0 Å². The molecule has 19 heavy (non-hydrogen) atoms. The Kier molecular flexibility index (Phi) is 2.64. The number of carbonyl (C=O) groups is 1. The van der Waals surface area contributed by atoms with Crippen molar-refractivity contribution in [1.82, 2.24) is 0 Å². The third-order valence-corrected chi connectivity index (χ3v) is 5.47. The number of rotatable bonds is 3. The maximum atomic E-state index is 12.4. The number of anilines is 1. The second-order valence-electron chi connectivity index (χ2n) is 6.61. The van der Waals surface area contributed by atoms with Gasteiger partial charge in [0.1, 0.15) is 0 Å². The first kappa shape index (κ1) is 11.5. The number of nitrogens with one attached hydrogen (secondary N) is 1. The van der Waals surface area contributed by atoms with E-state index in [1.54, 1.807) is 0 Å². The molecule has 2 fully saturated rings. The van der Waals surface area contributed by atoms with Gasteiger partial charge in [-0.3, -0.25) is 4.79 Å². The first-order valence-corrected chi connectivity index (χ1v) is 7.69. The number of benzene rings is 1. The van der Waals surface area contributed by atoms with Crippen LogP contribution in [0, 0.1) is 17.8 Å². The van der Waals surface area contributed by atoms with E-state index in [9.17, 15) is 4.79 Å². The maximum Gasteiger partial charge on any atom is 0.163 e. The number of Topliss-reactive ketones (excluding diaryl/α,β-unsaturated/α-hetero) is 1. The van der Waals surface area contributed by atoms with Gasteiger partial charge in [-0.1, -0.05) is 18.6 Å². The van der Waals surface area contributed by atoms with Crippen LogP contribution in [0.2, 0.25) is 0 Å². The minimum atomic E-state index is 0.356. The summed E-state index contributed by atoms with van der Waals surface area (Å²) < 4.78 is 0. The van der Waals surface area contributed by atoms with Gasteiger partial charge in [0.05, 0.1) is 0 Å². The number of hydrogen-bond donors (Lipinski definition) is 1. The summed E-state index contributed by atoms with van der Waals surface area (Å²) in [5.41, 5.74) is 3.45. The summed E-state index contributed by atoms with van der Waals surface area (Å²) >= 11 is 0. The SMILES string of the molecule is O=C(CC1CC2CCC1C2)c1ccc2c(c1)NCC2. The van der Waals surface area contributed by atoms with E-state index >= 15 is 0 Å². The molecule has 4 rings (SSSR count). The van der Waals surface area contributed by atoms with E-state index in [0.29, 0.717) is 11.7 Å². The zero-order valence-electron chi connectivity index (χ0n) is 11.3. The van der Waals surface area contributed by atoms with Gasteiger partial charge in [0, 0.05) is 24.2 Å². The van der Waals surface area contributed by atoms with E-state index in [0.717, 1.165) is 36.8 Å². The Morgan fingerprint density at radius 2 is 2.21 bits per heavy atom. The number of ketones is 1. The quantitative estimate of drug-likeness (QED) is 0.835. The normalized spacial score (nSPS) is 31.3. The highest BCUT2D eigenvalue weighted by Gasteiger charge is 2.40. The summed E-state index contributed by atoms with van der Waals surface area (Å²) in [5, 5.41) is 3.36. The average molecular weight is 255 g/mol. The van der Waals surface area contributed by atoms with Gasteiger partial charge in [-0.2, -0.15) is 0 Å². The molecule has 1 aliphatic heterocycles. The van der Waals surface area contributed by atoms with Crippen molar-refractivity contribution in [3.05, 3.63) is 29.3 Å². The highest BCUT2D eigenvalue weighted by atomic mass is 16.1. The molecule has 2 heteroatoms. The van der Waals surface area contributed by atoms with Crippen molar-refractivity contribution in [2.45, 2.75) is 38.5 Å². The molecule has 1 aromatic rings. The van der Waals surface area contributed by atoms with Crippen molar-refractivity contribution in [3.63, 3.8) is 0 Å². The third-order valence-electron chi connectivity index (χ3n) is 5.47. The van der Waals surface area contributed by atoms with Crippen molar-refractivity contribution < 1.29 is 4.79 Å². The molecule has 1 N–H and O–H groups in total.